The predicted molar refractivity (Wildman–Crippen MR) is 97.8 cm³/mol. The number of hydrogen-bond donors (Lipinski definition) is 2. The van der Waals surface area contributed by atoms with Gasteiger partial charge >= 0.3 is 0 Å². The minimum atomic E-state index is -0.561. The first-order chi connectivity index (χ1) is 11.8. The number of benzene rings is 1. The molecule has 0 saturated heterocycles. The van der Waals surface area contributed by atoms with Gasteiger partial charge in [0.2, 0.25) is 11.8 Å². The summed E-state index contributed by atoms with van der Waals surface area (Å²) < 4.78 is 11.2. The standard InChI is InChI=1S/C19H30N2O4/c1-7-24-16-10-9-15(11-17(16)25-8-2)13(5)20-19(23)18(12(3)4)21-14(6)22/h9-13,18H,7-8H2,1-6H3,(H,20,23)(H,21,22). The van der Waals surface area contributed by atoms with E-state index >= 15 is 0 Å². The molecule has 0 heterocycles. The quantitative estimate of drug-likeness (QED) is 0.718. The van der Waals surface area contributed by atoms with Crippen LogP contribution < -0.4 is 20.1 Å². The van der Waals surface area contributed by atoms with Gasteiger partial charge < -0.3 is 20.1 Å². The van der Waals surface area contributed by atoms with E-state index in [4.69, 9.17) is 9.47 Å². The topological polar surface area (TPSA) is 76.7 Å². The Labute approximate surface area is 150 Å². The van der Waals surface area contributed by atoms with E-state index in [1.54, 1.807) is 0 Å². The van der Waals surface area contributed by atoms with Crippen molar-refractivity contribution in [1.29, 1.82) is 0 Å². The van der Waals surface area contributed by atoms with E-state index in [0.29, 0.717) is 24.7 Å². The molecule has 0 aliphatic rings. The Kier molecular flexibility index (Phi) is 8.25. The summed E-state index contributed by atoms with van der Waals surface area (Å²) in [6.07, 6.45) is 0. The number of nitrogens with one attached hydrogen (secondary N) is 2. The molecule has 6 heteroatoms. The highest BCUT2D eigenvalue weighted by atomic mass is 16.5. The molecule has 2 unspecified atom stereocenters. The molecule has 0 aliphatic heterocycles. The number of carbonyl (C=O) groups is 2. The van der Waals surface area contributed by atoms with Crippen molar-refractivity contribution < 1.29 is 19.1 Å². The molecule has 0 radical (unpaired) electrons. The van der Waals surface area contributed by atoms with Gasteiger partial charge in [-0.25, -0.2) is 0 Å². The summed E-state index contributed by atoms with van der Waals surface area (Å²) in [5, 5.41) is 5.65. The van der Waals surface area contributed by atoms with Crippen molar-refractivity contribution >= 4 is 11.8 Å². The van der Waals surface area contributed by atoms with Gasteiger partial charge in [0.25, 0.3) is 0 Å². The van der Waals surface area contributed by atoms with Crippen molar-refractivity contribution in [3.63, 3.8) is 0 Å². The van der Waals surface area contributed by atoms with E-state index in [2.05, 4.69) is 10.6 Å². The maximum Gasteiger partial charge on any atom is 0.243 e. The minimum Gasteiger partial charge on any atom is -0.490 e. The Morgan fingerprint density at radius 2 is 1.60 bits per heavy atom. The largest absolute Gasteiger partial charge is 0.490 e. The van der Waals surface area contributed by atoms with Crippen molar-refractivity contribution in [3.8, 4) is 11.5 Å². The molecule has 1 rings (SSSR count). The second-order valence-corrected chi connectivity index (χ2v) is 6.22. The zero-order valence-corrected chi connectivity index (χ0v) is 16.0. The number of ether oxygens (including phenoxy) is 2. The van der Waals surface area contributed by atoms with E-state index in [9.17, 15) is 9.59 Å². The molecule has 140 valence electrons. The Hall–Kier alpha value is -2.24. The van der Waals surface area contributed by atoms with Gasteiger partial charge in [-0.05, 0) is 44.4 Å². The average molecular weight is 350 g/mol. The van der Waals surface area contributed by atoms with E-state index in [-0.39, 0.29) is 23.8 Å². The van der Waals surface area contributed by atoms with E-state index in [1.807, 2.05) is 52.8 Å². The molecular formula is C19H30N2O4. The molecule has 0 spiro atoms. The van der Waals surface area contributed by atoms with Crippen LogP contribution in [0.3, 0.4) is 0 Å². The van der Waals surface area contributed by atoms with Crippen LogP contribution >= 0.6 is 0 Å². The lowest BCUT2D eigenvalue weighted by atomic mass is 10.0. The number of carbonyl (C=O) groups excluding carboxylic acids is 2. The van der Waals surface area contributed by atoms with Crippen molar-refractivity contribution in [2.75, 3.05) is 13.2 Å². The monoisotopic (exact) mass is 350 g/mol. The summed E-state index contributed by atoms with van der Waals surface area (Å²) in [7, 11) is 0. The molecule has 1 aromatic rings. The highest BCUT2D eigenvalue weighted by Gasteiger charge is 2.24. The van der Waals surface area contributed by atoms with E-state index in [0.717, 1.165) is 5.56 Å². The second-order valence-electron chi connectivity index (χ2n) is 6.22. The molecular weight excluding hydrogens is 320 g/mol. The number of rotatable bonds is 9. The summed E-state index contributed by atoms with van der Waals surface area (Å²) in [6, 6.07) is 4.84. The smallest absolute Gasteiger partial charge is 0.243 e. The molecule has 2 atom stereocenters. The first-order valence-corrected chi connectivity index (χ1v) is 8.77. The van der Waals surface area contributed by atoms with Crippen LogP contribution in [0.2, 0.25) is 0 Å². The van der Waals surface area contributed by atoms with Crippen LogP contribution in [0.1, 0.15) is 53.1 Å². The van der Waals surface area contributed by atoms with Gasteiger partial charge in [-0.1, -0.05) is 19.9 Å². The van der Waals surface area contributed by atoms with Gasteiger partial charge in [0.15, 0.2) is 11.5 Å². The zero-order valence-electron chi connectivity index (χ0n) is 16.0. The lowest BCUT2D eigenvalue weighted by Gasteiger charge is -2.24. The van der Waals surface area contributed by atoms with Gasteiger partial charge in [-0.2, -0.15) is 0 Å². The molecule has 2 N–H and O–H groups in total. The maximum atomic E-state index is 12.5. The molecule has 1 aromatic carbocycles. The first kappa shape index (κ1) is 20.8. The predicted octanol–water partition coefficient (Wildman–Crippen LogP) is 2.82. The number of hydrogen-bond acceptors (Lipinski definition) is 4. The summed E-state index contributed by atoms with van der Waals surface area (Å²) in [5.74, 6) is 0.913. The van der Waals surface area contributed by atoms with Gasteiger partial charge in [-0.15, -0.1) is 0 Å². The normalized spacial score (nSPS) is 13.1. The molecule has 0 aliphatic carbocycles. The fourth-order valence-electron chi connectivity index (χ4n) is 2.48. The Balaban J connectivity index is 2.91. The van der Waals surface area contributed by atoms with Crippen LogP contribution in [0.25, 0.3) is 0 Å². The molecule has 0 aromatic heterocycles. The van der Waals surface area contributed by atoms with Crippen molar-refractivity contribution in [2.24, 2.45) is 5.92 Å². The summed E-state index contributed by atoms with van der Waals surface area (Å²) in [4.78, 5) is 23.8. The Morgan fingerprint density at radius 3 is 2.12 bits per heavy atom. The summed E-state index contributed by atoms with van der Waals surface area (Å²) >= 11 is 0. The van der Waals surface area contributed by atoms with Gasteiger partial charge in [0, 0.05) is 6.92 Å². The van der Waals surface area contributed by atoms with Crippen molar-refractivity contribution in [2.45, 2.75) is 53.6 Å². The van der Waals surface area contributed by atoms with E-state index < -0.39 is 6.04 Å². The minimum absolute atomic E-state index is 0.00424. The van der Waals surface area contributed by atoms with Crippen LogP contribution in [-0.4, -0.2) is 31.1 Å². The average Bonchev–Trinajstić information content (AvgIpc) is 2.54. The van der Waals surface area contributed by atoms with Gasteiger partial charge in [0.1, 0.15) is 6.04 Å². The SMILES string of the molecule is CCOc1ccc(C(C)NC(=O)C(NC(C)=O)C(C)C)cc1OCC. The van der Waals surface area contributed by atoms with Crippen LogP contribution in [0.5, 0.6) is 11.5 Å². The molecule has 0 fully saturated rings. The number of amides is 2. The molecule has 0 bridgehead atoms. The Bertz CT molecular complexity index is 587. The fourth-order valence-corrected chi connectivity index (χ4v) is 2.48. The third-order valence-corrected chi connectivity index (χ3v) is 3.73. The molecule has 2 amide bonds. The fraction of sp³-hybridized carbons (Fsp3) is 0.579. The van der Waals surface area contributed by atoms with Crippen LogP contribution in [0.15, 0.2) is 18.2 Å². The third kappa shape index (κ3) is 6.29. The molecule has 25 heavy (non-hydrogen) atoms. The highest BCUT2D eigenvalue weighted by molar-refractivity contribution is 5.87. The summed E-state index contributed by atoms with van der Waals surface area (Å²) in [6.45, 7) is 12.0. The van der Waals surface area contributed by atoms with Gasteiger partial charge in [-0.3, -0.25) is 9.59 Å². The molecule has 6 nitrogen and oxygen atoms in total. The first-order valence-electron chi connectivity index (χ1n) is 8.77. The Morgan fingerprint density at radius 1 is 1.00 bits per heavy atom. The van der Waals surface area contributed by atoms with Crippen molar-refractivity contribution in [1.82, 2.24) is 10.6 Å². The van der Waals surface area contributed by atoms with E-state index in [1.165, 1.54) is 6.92 Å². The highest BCUT2D eigenvalue weighted by Crippen LogP contribution is 2.30. The second kappa shape index (κ2) is 9.91. The molecule has 0 saturated carbocycles. The maximum absolute atomic E-state index is 12.5. The third-order valence-electron chi connectivity index (χ3n) is 3.73. The van der Waals surface area contributed by atoms with Crippen molar-refractivity contribution in [3.05, 3.63) is 23.8 Å². The van der Waals surface area contributed by atoms with Crippen LogP contribution in [0.4, 0.5) is 0 Å². The van der Waals surface area contributed by atoms with Crippen LogP contribution in [0, 0.1) is 5.92 Å². The lowest BCUT2D eigenvalue weighted by Crippen LogP contribution is -2.49. The lowest BCUT2D eigenvalue weighted by molar-refractivity contribution is -0.129. The zero-order chi connectivity index (χ0) is 19.0. The summed E-state index contributed by atoms with van der Waals surface area (Å²) in [5.41, 5.74) is 0.908. The van der Waals surface area contributed by atoms with Crippen LogP contribution in [-0.2, 0) is 9.59 Å². The van der Waals surface area contributed by atoms with Gasteiger partial charge in [0.05, 0.1) is 19.3 Å².